The third-order valence-electron chi connectivity index (χ3n) is 1.04. The Kier molecular flexibility index (Phi) is 3.88. The van der Waals surface area contributed by atoms with E-state index in [0.29, 0.717) is 6.08 Å². The molecule has 7 heteroatoms. The largest absolute Gasteiger partial charge is 0.502 e. The predicted octanol–water partition coefficient (Wildman–Crippen LogP) is -0.391. The number of hydrogen-bond donors (Lipinski definition) is 4. The Hall–Kier alpha value is -2.31. The lowest BCUT2D eigenvalue weighted by Crippen LogP contribution is -2.06. The van der Waals surface area contributed by atoms with Crippen LogP contribution in [0.2, 0.25) is 0 Å². The summed E-state index contributed by atoms with van der Waals surface area (Å²) < 4.78 is 0. The monoisotopic (exact) mass is 202 g/mol. The molecule has 0 atom stereocenters. The SMILES string of the molecule is O=C(O)C=C(C=C(O)C(=O)O)C(=O)O. The minimum Gasteiger partial charge on any atom is -0.502 e. The van der Waals surface area contributed by atoms with Gasteiger partial charge in [-0.05, 0) is 0 Å². The normalized spacial score (nSPS) is 12.3. The van der Waals surface area contributed by atoms with Crippen molar-refractivity contribution in [3.63, 3.8) is 0 Å². The second-order valence-corrected chi connectivity index (χ2v) is 2.08. The zero-order chi connectivity index (χ0) is 11.3. The van der Waals surface area contributed by atoms with E-state index in [1.54, 1.807) is 0 Å². The van der Waals surface area contributed by atoms with Gasteiger partial charge in [-0.3, -0.25) is 0 Å². The average molecular weight is 202 g/mol. The summed E-state index contributed by atoms with van der Waals surface area (Å²) in [7, 11) is 0. The van der Waals surface area contributed by atoms with Gasteiger partial charge in [-0.25, -0.2) is 14.4 Å². The van der Waals surface area contributed by atoms with Crippen molar-refractivity contribution < 1.29 is 34.8 Å². The topological polar surface area (TPSA) is 132 Å². The smallest absolute Gasteiger partial charge is 0.370 e. The van der Waals surface area contributed by atoms with Crippen molar-refractivity contribution in [2.45, 2.75) is 0 Å². The Labute approximate surface area is 77.2 Å². The summed E-state index contributed by atoms with van der Waals surface area (Å²) in [4.78, 5) is 30.4. The first-order valence-electron chi connectivity index (χ1n) is 3.16. The van der Waals surface area contributed by atoms with Gasteiger partial charge in [-0.2, -0.15) is 0 Å². The molecular formula is C7H6O7. The van der Waals surface area contributed by atoms with Gasteiger partial charge in [0.05, 0.1) is 5.57 Å². The highest BCUT2D eigenvalue weighted by molar-refractivity contribution is 5.98. The number of rotatable bonds is 4. The number of aliphatic hydroxyl groups is 1. The first kappa shape index (κ1) is 11.7. The Morgan fingerprint density at radius 1 is 0.786 bits per heavy atom. The highest BCUT2D eigenvalue weighted by atomic mass is 16.4. The molecule has 76 valence electrons. The molecule has 0 aromatic rings. The summed E-state index contributed by atoms with van der Waals surface area (Å²) in [6.07, 6.45) is 0.597. The number of carbonyl (C=O) groups is 3. The molecule has 0 fully saturated rings. The summed E-state index contributed by atoms with van der Waals surface area (Å²) in [5.41, 5.74) is -0.836. The van der Waals surface area contributed by atoms with E-state index in [4.69, 9.17) is 20.4 Å². The molecule has 0 aliphatic rings. The van der Waals surface area contributed by atoms with E-state index in [2.05, 4.69) is 0 Å². The van der Waals surface area contributed by atoms with Crippen LogP contribution in [-0.2, 0) is 14.4 Å². The highest BCUT2D eigenvalue weighted by Gasteiger charge is 2.11. The van der Waals surface area contributed by atoms with Crippen molar-refractivity contribution in [3.05, 3.63) is 23.5 Å². The Bertz CT molecular complexity index is 336. The van der Waals surface area contributed by atoms with E-state index < -0.39 is 29.2 Å². The molecule has 4 N–H and O–H groups in total. The van der Waals surface area contributed by atoms with Gasteiger partial charge in [0.1, 0.15) is 0 Å². The van der Waals surface area contributed by atoms with Crippen LogP contribution in [-0.4, -0.2) is 38.3 Å². The lowest BCUT2D eigenvalue weighted by atomic mass is 10.2. The molecule has 0 rings (SSSR count). The molecule has 0 radical (unpaired) electrons. The standard InChI is InChI=1S/C7H6O7/c8-4(7(13)14)1-3(6(11)12)2-5(9)10/h1-2,8H,(H,9,10)(H,11,12)(H,13,14). The van der Waals surface area contributed by atoms with Crippen LogP contribution in [0, 0.1) is 0 Å². The zero-order valence-electron chi connectivity index (χ0n) is 6.67. The molecule has 0 aliphatic carbocycles. The molecule has 0 aromatic carbocycles. The molecule has 0 aliphatic heterocycles. The minimum atomic E-state index is -1.75. The maximum absolute atomic E-state index is 10.3. The third kappa shape index (κ3) is 3.90. The van der Waals surface area contributed by atoms with Gasteiger partial charge >= 0.3 is 17.9 Å². The highest BCUT2D eigenvalue weighted by Crippen LogP contribution is 2.01. The molecule has 0 bridgehead atoms. The maximum Gasteiger partial charge on any atom is 0.370 e. The molecule has 0 saturated carbocycles. The van der Waals surface area contributed by atoms with Crippen LogP contribution in [0.15, 0.2) is 23.5 Å². The van der Waals surface area contributed by atoms with Crippen molar-refractivity contribution in [1.29, 1.82) is 0 Å². The van der Waals surface area contributed by atoms with Crippen LogP contribution in [0.3, 0.4) is 0 Å². The predicted molar refractivity (Wildman–Crippen MR) is 41.7 cm³/mol. The van der Waals surface area contributed by atoms with Crippen molar-refractivity contribution in [2.75, 3.05) is 0 Å². The van der Waals surface area contributed by atoms with E-state index in [-0.39, 0.29) is 6.08 Å². The molecule has 0 heterocycles. The van der Waals surface area contributed by atoms with Gasteiger partial charge in [0.2, 0.25) is 5.76 Å². The summed E-state index contributed by atoms with van der Waals surface area (Å²) in [6, 6.07) is 0. The van der Waals surface area contributed by atoms with Gasteiger partial charge in [0, 0.05) is 12.2 Å². The van der Waals surface area contributed by atoms with Crippen molar-refractivity contribution in [1.82, 2.24) is 0 Å². The van der Waals surface area contributed by atoms with Crippen molar-refractivity contribution in [2.24, 2.45) is 0 Å². The minimum absolute atomic E-state index is 0.265. The van der Waals surface area contributed by atoms with Gasteiger partial charge in [0.25, 0.3) is 0 Å². The molecule has 0 saturated heterocycles. The fourth-order valence-corrected chi connectivity index (χ4v) is 0.507. The first-order valence-corrected chi connectivity index (χ1v) is 3.16. The van der Waals surface area contributed by atoms with Crippen LogP contribution in [0.4, 0.5) is 0 Å². The lowest BCUT2D eigenvalue weighted by Gasteiger charge is -1.94. The fraction of sp³-hybridized carbons (Fsp3) is 0. The second kappa shape index (κ2) is 4.65. The number of carboxylic acids is 3. The second-order valence-electron chi connectivity index (χ2n) is 2.08. The number of hydrogen-bond acceptors (Lipinski definition) is 4. The lowest BCUT2D eigenvalue weighted by molar-refractivity contribution is -0.136. The van der Waals surface area contributed by atoms with Crippen LogP contribution >= 0.6 is 0 Å². The van der Waals surface area contributed by atoms with Gasteiger partial charge in [-0.1, -0.05) is 0 Å². The van der Waals surface area contributed by atoms with E-state index in [1.165, 1.54) is 0 Å². The number of aliphatic carboxylic acids is 3. The van der Waals surface area contributed by atoms with Gasteiger partial charge < -0.3 is 20.4 Å². The van der Waals surface area contributed by atoms with E-state index in [1.807, 2.05) is 0 Å². The van der Waals surface area contributed by atoms with Crippen molar-refractivity contribution in [3.8, 4) is 0 Å². The van der Waals surface area contributed by atoms with Gasteiger partial charge in [-0.15, -0.1) is 0 Å². The fourth-order valence-electron chi connectivity index (χ4n) is 0.507. The summed E-state index contributed by atoms with van der Waals surface area (Å²) in [5, 5.41) is 33.3. The van der Waals surface area contributed by atoms with Crippen LogP contribution in [0.1, 0.15) is 0 Å². The number of carboxylic acid groups (broad SMARTS) is 3. The zero-order valence-corrected chi connectivity index (χ0v) is 6.67. The van der Waals surface area contributed by atoms with Crippen LogP contribution in [0.5, 0.6) is 0 Å². The third-order valence-corrected chi connectivity index (χ3v) is 1.04. The first-order chi connectivity index (χ1) is 6.34. The Balaban J connectivity index is 5.07. The molecule has 0 unspecified atom stereocenters. The molecule has 14 heavy (non-hydrogen) atoms. The molecule has 7 nitrogen and oxygen atoms in total. The Morgan fingerprint density at radius 3 is 1.57 bits per heavy atom. The quantitative estimate of drug-likeness (QED) is 0.277. The summed E-state index contributed by atoms with van der Waals surface area (Å²) in [6.45, 7) is 0. The number of aliphatic hydroxyl groups excluding tert-OH is 1. The van der Waals surface area contributed by atoms with Gasteiger partial charge in [0.15, 0.2) is 0 Å². The molecule has 0 aromatic heterocycles. The van der Waals surface area contributed by atoms with Crippen LogP contribution < -0.4 is 0 Å². The molecule has 0 spiro atoms. The summed E-state index contributed by atoms with van der Waals surface area (Å²) >= 11 is 0. The Morgan fingerprint density at radius 2 is 1.29 bits per heavy atom. The molecule has 0 amide bonds. The van der Waals surface area contributed by atoms with Crippen molar-refractivity contribution >= 4 is 17.9 Å². The van der Waals surface area contributed by atoms with Crippen LogP contribution in [0.25, 0.3) is 0 Å². The maximum atomic E-state index is 10.3. The average Bonchev–Trinajstić information content (AvgIpc) is 2.01. The molecular weight excluding hydrogens is 196 g/mol. The summed E-state index contributed by atoms with van der Waals surface area (Å²) in [5.74, 6) is -6.21. The van der Waals surface area contributed by atoms with E-state index >= 15 is 0 Å². The van der Waals surface area contributed by atoms with E-state index in [0.717, 1.165) is 0 Å². The van der Waals surface area contributed by atoms with E-state index in [9.17, 15) is 14.4 Å².